The van der Waals surface area contributed by atoms with Crippen LogP contribution in [0.3, 0.4) is 0 Å². The van der Waals surface area contributed by atoms with Gasteiger partial charge in [-0.15, -0.1) is 0 Å². The molecule has 0 N–H and O–H groups in total. The number of rotatable bonds is 5. The fourth-order valence-electron chi connectivity index (χ4n) is 2.31. The van der Waals surface area contributed by atoms with Gasteiger partial charge >= 0.3 is 0 Å². The first-order valence-electron chi connectivity index (χ1n) is 6.60. The molecule has 0 heterocycles. The highest BCUT2D eigenvalue weighted by Crippen LogP contribution is 2.39. The van der Waals surface area contributed by atoms with Crippen LogP contribution in [0.1, 0.15) is 5.56 Å². The molecule has 3 heteroatoms. The van der Waals surface area contributed by atoms with Crippen LogP contribution in [0, 0.1) is 0 Å². The Bertz CT molecular complexity index is 539. The summed E-state index contributed by atoms with van der Waals surface area (Å²) in [6.45, 7) is 0.849. The number of hydrogen-bond acceptors (Lipinski definition) is 3. The maximum atomic E-state index is 5.57. The average molecular weight is 271 g/mol. The smallest absolute Gasteiger partial charge is 0.130 e. The van der Waals surface area contributed by atoms with Crippen LogP contribution in [0.4, 0.5) is 0 Å². The van der Waals surface area contributed by atoms with E-state index in [0.29, 0.717) is 0 Å². The maximum absolute atomic E-state index is 5.57. The lowest BCUT2D eigenvalue weighted by Gasteiger charge is -2.17. The molecule has 0 amide bonds. The SMILES string of the molecule is COc1cc(CN(C)C)cc(OC)c1-c1ccccc1. The highest BCUT2D eigenvalue weighted by molar-refractivity contribution is 5.77. The summed E-state index contributed by atoms with van der Waals surface area (Å²) < 4.78 is 11.1. The number of benzene rings is 2. The van der Waals surface area contributed by atoms with Gasteiger partial charge in [-0.1, -0.05) is 30.3 Å². The minimum absolute atomic E-state index is 0.840. The first-order valence-corrected chi connectivity index (χ1v) is 6.60. The lowest BCUT2D eigenvalue weighted by molar-refractivity contribution is 0.383. The van der Waals surface area contributed by atoms with Crippen molar-refractivity contribution in [3.05, 3.63) is 48.0 Å². The van der Waals surface area contributed by atoms with Gasteiger partial charge in [0, 0.05) is 6.54 Å². The van der Waals surface area contributed by atoms with Crippen LogP contribution in [0.2, 0.25) is 0 Å². The van der Waals surface area contributed by atoms with Crippen LogP contribution in [0.5, 0.6) is 11.5 Å². The van der Waals surface area contributed by atoms with Crippen molar-refractivity contribution in [2.45, 2.75) is 6.54 Å². The van der Waals surface area contributed by atoms with Crippen molar-refractivity contribution >= 4 is 0 Å². The number of ether oxygens (including phenoxy) is 2. The molecule has 0 bridgehead atoms. The van der Waals surface area contributed by atoms with Crippen molar-refractivity contribution in [3.63, 3.8) is 0 Å². The van der Waals surface area contributed by atoms with Crippen molar-refractivity contribution in [2.24, 2.45) is 0 Å². The third kappa shape index (κ3) is 3.11. The van der Waals surface area contributed by atoms with Crippen molar-refractivity contribution in [3.8, 4) is 22.6 Å². The molecule has 0 saturated heterocycles. The summed E-state index contributed by atoms with van der Waals surface area (Å²) in [6.07, 6.45) is 0. The molecule has 0 unspecified atom stereocenters. The van der Waals surface area contributed by atoms with Gasteiger partial charge in [0.2, 0.25) is 0 Å². The summed E-state index contributed by atoms with van der Waals surface area (Å²) in [5.74, 6) is 1.68. The van der Waals surface area contributed by atoms with Crippen molar-refractivity contribution in [2.75, 3.05) is 28.3 Å². The zero-order chi connectivity index (χ0) is 14.5. The van der Waals surface area contributed by atoms with Crippen LogP contribution < -0.4 is 9.47 Å². The van der Waals surface area contributed by atoms with Crippen LogP contribution in [-0.2, 0) is 6.54 Å². The van der Waals surface area contributed by atoms with E-state index >= 15 is 0 Å². The van der Waals surface area contributed by atoms with Gasteiger partial charge in [0.25, 0.3) is 0 Å². The molecule has 0 aromatic heterocycles. The highest BCUT2D eigenvalue weighted by Gasteiger charge is 2.14. The van der Waals surface area contributed by atoms with E-state index in [1.165, 1.54) is 5.56 Å². The summed E-state index contributed by atoms with van der Waals surface area (Å²) in [6, 6.07) is 14.3. The minimum atomic E-state index is 0.840. The van der Waals surface area contributed by atoms with Gasteiger partial charge in [-0.2, -0.15) is 0 Å². The van der Waals surface area contributed by atoms with E-state index in [9.17, 15) is 0 Å². The monoisotopic (exact) mass is 271 g/mol. The molecular weight excluding hydrogens is 250 g/mol. The molecule has 0 saturated carbocycles. The third-order valence-electron chi connectivity index (χ3n) is 3.13. The summed E-state index contributed by atoms with van der Waals surface area (Å²) in [7, 11) is 7.48. The number of hydrogen-bond donors (Lipinski definition) is 0. The maximum Gasteiger partial charge on any atom is 0.130 e. The Morgan fingerprint density at radius 2 is 1.45 bits per heavy atom. The lowest BCUT2D eigenvalue weighted by Crippen LogP contribution is -2.11. The Kier molecular flexibility index (Phi) is 4.64. The highest BCUT2D eigenvalue weighted by atomic mass is 16.5. The molecule has 0 aliphatic rings. The second-order valence-corrected chi connectivity index (χ2v) is 4.98. The molecule has 2 rings (SSSR count). The molecule has 2 aromatic rings. The van der Waals surface area contributed by atoms with E-state index in [1.807, 2.05) is 32.3 Å². The standard InChI is InChI=1S/C17H21NO2/c1-18(2)12-13-10-15(19-3)17(16(11-13)20-4)14-8-6-5-7-9-14/h5-11H,12H2,1-4H3. The molecule has 0 radical (unpaired) electrons. The van der Waals surface area contributed by atoms with Crippen LogP contribution in [0.15, 0.2) is 42.5 Å². The van der Waals surface area contributed by atoms with Gasteiger partial charge in [0.1, 0.15) is 11.5 Å². The molecule has 0 aliphatic carbocycles. The Labute approximate surface area is 120 Å². The summed E-state index contributed by atoms with van der Waals surface area (Å²) in [5.41, 5.74) is 3.26. The topological polar surface area (TPSA) is 21.7 Å². The third-order valence-corrected chi connectivity index (χ3v) is 3.13. The normalized spacial score (nSPS) is 10.7. The van der Waals surface area contributed by atoms with E-state index in [1.54, 1.807) is 14.2 Å². The Morgan fingerprint density at radius 1 is 0.900 bits per heavy atom. The molecule has 20 heavy (non-hydrogen) atoms. The zero-order valence-electron chi connectivity index (χ0n) is 12.5. The zero-order valence-corrected chi connectivity index (χ0v) is 12.5. The van der Waals surface area contributed by atoms with Crippen LogP contribution >= 0.6 is 0 Å². The summed E-state index contributed by atoms with van der Waals surface area (Å²) in [4.78, 5) is 2.12. The molecular formula is C17H21NO2. The van der Waals surface area contributed by atoms with Crippen LogP contribution in [-0.4, -0.2) is 33.2 Å². The fourth-order valence-corrected chi connectivity index (χ4v) is 2.31. The van der Waals surface area contributed by atoms with Crippen LogP contribution in [0.25, 0.3) is 11.1 Å². The van der Waals surface area contributed by atoms with E-state index in [2.05, 4.69) is 29.2 Å². The van der Waals surface area contributed by atoms with Gasteiger partial charge in [-0.25, -0.2) is 0 Å². The summed E-state index contributed by atoms with van der Waals surface area (Å²) in [5, 5.41) is 0. The van der Waals surface area contributed by atoms with Gasteiger partial charge in [0.15, 0.2) is 0 Å². The molecule has 3 nitrogen and oxygen atoms in total. The largest absolute Gasteiger partial charge is 0.496 e. The Balaban J connectivity index is 2.55. The van der Waals surface area contributed by atoms with Crippen molar-refractivity contribution < 1.29 is 9.47 Å². The molecule has 0 fully saturated rings. The number of nitrogens with zero attached hydrogens (tertiary/aromatic N) is 1. The van der Waals surface area contributed by atoms with E-state index in [0.717, 1.165) is 29.2 Å². The van der Waals surface area contributed by atoms with Gasteiger partial charge in [0.05, 0.1) is 19.8 Å². The Morgan fingerprint density at radius 3 is 1.90 bits per heavy atom. The average Bonchev–Trinajstić information content (AvgIpc) is 2.46. The first-order chi connectivity index (χ1) is 9.65. The van der Waals surface area contributed by atoms with E-state index < -0.39 is 0 Å². The predicted molar refractivity (Wildman–Crippen MR) is 82.4 cm³/mol. The Hall–Kier alpha value is -2.00. The van der Waals surface area contributed by atoms with Gasteiger partial charge < -0.3 is 14.4 Å². The second-order valence-electron chi connectivity index (χ2n) is 4.98. The summed E-state index contributed by atoms with van der Waals surface area (Å²) >= 11 is 0. The van der Waals surface area contributed by atoms with Crippen molar-refractivity contribution in [1.82, 2.24) is 4.90 Å². The van der Waals surface area contributed by atoms with E-state index in [-0.39, 0.29) is 0 Å². The molecule has 0 aliphatic heterocycles. The fraction of sp³-hybridized carbons (Fsp3) is 0.294. The van der Waals surface area contributed by atoms with Gasteiger partial charge in [-0.05, 0) is 37.4 Å². The second kappa shape index (κ2) is 6.44. The number of methoxy groups -OCH3 is 2. The molecule has 106 valence electrons. The lowest BCUT2D eigenvalue weighted by atomic mass is 10.0. The first kappa shape index (κ1) is 14.4. The van der Waals surface area contributed by atoms with E-state index in [4.69, 9.17) is 9.47 Å². The predicted octanol–water partition coefficient (Wildman–Crippen LogP) is 3.43. The van der Waals surface area contributed by atoms with Gasteiger partial charge in [-0.3, -0.25) is 0 Å². The molecule has 2 aromatic carbocycles. The minimum Gasteiger partial charge on any atom is -0.496 e. The quantitative estimate of drug-likeness (QED) is 0.831. The van der Waals surface area contributed by atoms with Crippen molar-refractivity contribution in [1.29, 1.82) is 0 Å². The molecule has 0 atom stereocenters. The molecule has 0 spiro atoms.